The zero-order valence-corrected chi connectivity index (χ0v) is 16.8. The molecule has 138 valence electrons. The molecule has 26 heavy (non-hydrogen) atoms. The van der Waals surface area contributed by atoms with Gasteiger partial charge in [-0.3, -0.25) is 9.59 Å². The minimum Gasteiger partial charge on any atom is -0.324 e. The normalized spacial score (nSPS) is 10.5. The third kappa shape index (κ3) is 4.99. The van der Waals surface area contributed by atoms with E-state index >= 15 is 0 Å². The van der Waals surface area contributed by atoms with Crippen molar-refractivity contribution in [2.75, 3.05) is 16.8 Å². The topological polar surface area (TPSA) is 49.4 Å². The van der Waals surface area contributed by atoms with E-state index in [2.05, 4.69) is 5.32 Å². The molecule has 0 saturated carbocycles. The Hall–Kier alpha value is -2.04. The second-order valence-corrected chi connectivity index (χ2v) is 7.18. The monoisotopic (exact) mass is 392 g/mol. The lowest BCUT2D eigenvalue weighted by Crippen LogP contribution is -2.32. The first-order valence-electron chi connectivity index (χ1n) is 8.30. The van der Waals surface area contributed by atoms with E-state index in [0.29, 0.717) is 21.4 Å². The minimum absolute atomic E-state index is 0.146. The number of aryl methyl sites for hydroxylation is 3. The highest BCUT2D eigenvalue weighted by Crippen LogP contribution is 2.28. The highest BCUT2D eigenvalue weighted by atomic mass is 35.5. The molecule has 2 aromatic rings. The third-order valence-electron chi connectivity index (χ3n) is 4.10. The number of benzene rings is 2. The van der Waals surface area contributed by atoms with E-state index in [1.54, 1.807) is 23.1 Å². The van der Waals surface area contributed by atoms with Crippen molar-refractivity contribution < 1.29 is 9.59 Å². The number of anilines is 2. The van der Waals surface area contributed by atoms with Gasteiger partial charge >= 0.3 is 0 Å². The average Bonchev–Trinajstić information content (AvgIpc) is 2.54. The number of amides is 2. The minimum atomic E-state index is -0.204. The van der Waals surface area contributed by atoms with Gasteiger partial charge in [-0.15, -0.1) is 0 Å². The van der Waals surface area contributed by atoms with Crippen LogP contribution in [0.15, 0.2) is 30.3 Å². The van der Waals surface area contributed by atoms with Crippen molar-refractivity contribution in [3.05, 3.63) is 57.1 Å². The summed E-state index contributed by atoms with van der Waals surface area (Å²) in [5.41, 5.74) is 4.17. The molecule has 6 heteroatoms. The Kier molecular flexibility index (Phi) is 6.68. The molecule has 0 spiro atoms. The third-order valence-corrected chi connectivity index (χ3v) is 4.63. The Morgan fingerprint density at radius 2 is 1.73 bits per heavy atom. The summed E-state index contributed by atoms with van der Waals surface area (Å²) < 4.78 is 0. The highest BCUT2D eigenvalue weighted by Gasteiger charge is 2.17. The molecular formula is C20H22Cl2N2O2. The lowest BCUT2D eigenvalue weighted by atomic mass is 10.1. The molecular weight excluding hydrogens is 371 g/mol. The largest absolute Gasteiger partial charge is 0.324 e. The highest BCUT2D eigenvalue weighted by molar-refractivity contribution is 6.34. The number of nitrogens with zero attached hydrogens (tertiary/aromatic N) is 1. The number of nitrogens with one attached hydrogen (secondary N) is 1. The van der Waals surface area contributed by atoms with Crippen LogP contribution in [0.1, 0.15) is 30.0 Å². The van der Waals surface area contributed by atoms with E-state index in [4.69, 9.17) is 23.2 Å². The molecule has 0 unspecified atom stereocenters. The molecule has 4 nitrogen and oxygen atoms in total. The van der Waals surface area contributed by atoms with Crippen molar-refractivity contribution in [1.82, 2.24) is 0 Å². The Morgan fingerprint density at radius 3 is 2.35 bits per heavy atom. The van der Waals surface area contributed by atoms with Crippen molar-refractivity contribution in [3.63, 3.8) is 0 Å². The van der Waals surface area contributed by atoms with E-state index < -0.39 is 0 Å². The molecule has 2 rings (SSSR count). The van der Waals surface area contributed by atoms with Gasteiger partial charge in [0, 0.05) is 30.6 Å². The second kappa shape index (κ2) is 8.56. The van der Waals surface area contributed by atoms with Crippen molar-refractivity contribution in [2.24, 2.45) is 0 Å². The number of carbonyl (C=O) groups excluding carboxylic acids is 2. The summed E-state index contributed by atoms with van der Waals surface area (Å²) in [6.07, 6.45) is 0.148. The van der Waals surface area contributed by atoms with Gasteiger partial charge in [0.05, 0.1) is 10.7 Å². The predicted molar refractivity (Wildman–Crippen MR) is 108 cm³/mol. The van der Waals surface area contributed by atoms with Crippen molar-refractivity contribution >= 4 is 46.4 Å². The van der Waals surface area contributed by atoms with Gasteiger partial charge in [-0.1, -0.05) is 35.3 Å². The number of halogens is 2. The molecule has 0 atom stereocenters. The number of hydrogen-bond acceptors (Lipinski definition) is 2. The van der Waals surface area contributed by atoms with Gasteiger partial charge in [-0.25, -0.2) is 0 Å². The number of hydrogen-bond donors (Lipinski definition) is 1. The molecule has 0 bridgehead atoms. The number of rotatable bonds is 5. The van der Waals surface area contributed by atoms with Gasteiger partial charge < -0.3 is 10.2 Å². The lowest BCUT2D eigenvalue weighted by Gasteiger charge is -2.23. The second-order valence-electron chi connectivity index (χ2n) is 6.34. The van der Waals surface area contributed by atoms with Gasteiger partial charge in [0.1, 0.15) is 0 Å². The molecule has 0 fully saturated rings. The molecule has 0 radical (unpaired) electrons. The Labute approximate surface area is 164 Å². The first-order chi connectivity index (χ1) is 12.2. The molecule has 0 heterocycles. The van der Waals surface area contributed by atoms with Crippen LogP contribution in [0, 0.1) is 20.8 Å². The van der Waals surface area contributed by atoms with Gasteiger partial charge in [0.15, 0.2) is 0 Å². The van der Waals surface area contributed by atoms with Crippen LogP contribution in [-0.2, 0) is 9.59 Å². The fraction of sp³-hybridized carbons (Fsp3) is 0.300. The van der Waals surface area contributed by atoms with E-state index in [1.165, 1.54) is 6.92 Å². The summed E-state index contributed by atoms with van der Waals surface area (Å²) in [4.78, 5) is 26.0. The van der Waals surface area contributed by atoms with Gasteiger partial charge in [0.2, 0.25) is 11.8 Å². The summed E-state index contributed by atoms with van der Waals surface area (Å²) in [6.45, 7) is 7.47. The van der Waals surface area contributed by atoms with Crippen LogP contribution < -0.4 is 10.2 Å². The maximum absolute atomic E-state index is 12.4. The van der Waals surface area contributed by atoms with E-state index in [9.17, 15) is 9.59 Å². The van der Waals surface area contributed by atoms with Crippen LogP contribution in [0.4, 0.5) is 11.4 Å². The fourth-order valence-electron chi connectivity index (χ4n) is 2.81. The van der Waals surface area contributed by atoms with Gasteiger partial charge in [-0.2, -0.15) is 0 Å². The van der Waals surface area contributed by atoms with E-state index in [1.807, 2.05) is 32.9 Å². The van der Waals surface area contributed by atoms with Crippen LogP contribution in [0.5, 0.6) is 0 Å². The number of carbonyl (C=O) groups is 2. The Balaban J connectivity index is 2.11. The molecule has 0 aliphatic carbocycles. The predicted octanol–water partition coefficient (Wildman–Crippen LogP) is 5.30. The molecule has 2 aromatic carbocycles. The van der Waals surface area contributed by atoms with Crippen molar-refractivity contribution in [1.29, 1.82) is 0 Å². The first kappa shape index (κ1) is 20.3. The van der Waals surface area contributed by atoms with Crippen LogP contribution in [0.25, 0.3) is 0 Å². The molecule has 2 amide bonds. The molecule has 0 aromatic heterocycles. The smallest absolute Gasteiger partial charge is 0.226 e. The van der Waals surface area contributed by atoms with Crippen molar-refractivity contribution in [2.45, 2.75) is 34.1 Å². The van der Waals surface area contributed by atoms with Crippen LogP contribution in [0.3, 0.4) is 0 Å². The standard InChI is InChI=1S/C20H22Cl2N2O2/c1-12-9-14(3)20(17(22)10-12)23-19(26)7-8-24(15(4)25)18-11-16(21)6-5-13(18)2/h5-6,9-11H,7-8H2,1-4H3,(H,23,26). The summed E-state index contributed by atoms with van der Waals surface area (Å²) in [6, 6.07) is 9.12. The zero-order valence-electron chi connectivity index (χ0n) is 15.3. The lowest BCUT2D eigenvalue weighted by molar-refractivity contribution is -0.117. The van der Waals surface area contributed by atoms with Gasteiger partial charge in [0.25, 0.3) is 0 Å². The maximum Gasteiger partial charge on any atom is 0.226 e. The quantitative estimate of drug-likeness (QED) is 0.749. The van der Waals surface area contributed by atoms with Crippen LogP contribution in [-0.4, -0.2) is 18.4 Å². The van der Waals surface area contributed by atoms with Crippen LogP contribution in [0.2, 0.25) is 10.0 Å². The van der Waals surface area contributed by atoms with E-state index in [0.717, 1.165) is 16.7 Å². The first-order valence-corrected chi connectivity index (χ1v) is 9.05. The average molecular weight is 393 g/mol. The van der Waals surface area contributed by atoms with E-state index in [-0.39, 0.29) is 24.8 Å². The molecule has 0 aliphatic rings. The van der Waals surface area contributed by atoms with Gasteiger partial charge in [-0.05, 0) is 55.7 Å². The molecule has 1 N–H and O–H groups in total. The Morgan fingerprint density at radius 1 is 1.04 bits per heavy atom. The summed E-state index contributed by atoms with van der Waals surface area (Å²) >= 11 is 12.3. The Bertz CT molecular complexity index is 827. The molecule has 0 aliphatic heterocycles. The summed E-state index contributed by atoms with van der Waals surface area (Å²) in [5, 5.41) is 3.89. The van der Waals surface area contributed by atoms with Crippen LogP contribution >= 0.6 is 23.2 Å². The fourth-order valence-corrected chi connectivity index (χ4v) is 3.34. The summed E-state index contributed by atoms with van der Waals surface area (Å²) in [7, 11) is 0. The maximum atomic E-state index is 12.4. The molecule has 0 saturated heterocycles. The zero-order chi connectivity index (χ0) is 19.4. The summed E-state index contributed by atoms with van der Waals surface area (Å²) in [5.74, 6) is -0.350. The SMILES string of the molecule is CC(=O)N(CCC(=O)Nc1c(C)cc(C)cc1Cl)c1cc(Cl)ccc1C. The van der Waals surface area contributed by atoms with Crippen molar-refractivity contribution in [3.8, 4) is 0 Å².